The molecule has 0 aliphatic heterocycles. The van der Waals surface area contributed by atoms with Gasteiger partial charge in [0.05, 0.1) is 11.6 Å². The topological polar surface area (TPSA) is 115 Å². The lowest BCUT2D eigenvalue weighted by Gasteiger charge is -2.15. The monoisotopic (exact) mass is 460 g/mol. The van der Waals surface area contributed by atoms with Crippen LogP contribution in [-0.2, 0) is 6.42 Å². The Morgan fingerprint density at radius 2 is 1.65 bits per heavy atom. The first-order valence-corrected chi connectivity index (χ1v) is 11.2. The minimum atomic E-state index is -0.791. The van der Waals surface area contributed by atoms with E-state index in [1.54, 1.807) is 12.1 Å². The van der Waals surface area contributed by atoms with Gasteiger partial charge in [-0.2, -0.15) is 0 Å². The van der Waals surface area contributed by atoms with Gasteiger partial charge in [-0.05, 0) is 53.9 Å². The number of hydrogen-bond acceptors (Lipinski definition) is 6. The summed E-state index contributed by atoms with van der Waals surface area (Å²) >= 11 is 0. The maximum atomic E-state index is 11.5. The van der Waals surface area contributed by atoms with Crippen molar-refractivity contribution in [2.45, 2.75) is 18.6 Å². The molecule has 0 bridgehead atoms. The average Bonchev–Trinajstić information content (AvgIpc) is 2.87. The fourth-order valence-corrected chi connectivity index (χ4v) is 3.83. The van der Waals surface area contributed by atoms with Crippen molar-refractivity contribution in [2.75, 3.05) is 19.7 Å². The van der Waals surface area contributed by atoms with E-state index in [1.165, 1.54) is 12.1 Å². The third-order valence-electron chi connectivity index (χ3n) is 5.71. The van der Waals surface area contributed by atoms with Gasteiger partial charge in [-0.3, -0.25) is 4.79 Å². The molecular weight excluding hydrogens is 432 g/mol. The summed E-state index contributed by atoms with van der Waals surface area (Å²) in [7, 11) is 0. The highest BCUT2D eigenvalue weighted by atomic mass is 16.5. The fraction of sp³-hybridized carbons (Fsp3) is 0.222. The largest absolute Gasteiger partial charge is 0.506 e. The number of aromatic hydroxyl groups is 1. The van der Waals surface area contributed by atoms with E-state index in [-0.39, 0.29) is 17.9 Å². The Kier molecular flexibility index (Phi) is 7.59. The molecule has 2 atom stereocenters. The van der Waals surface area contributed by atoms with E-state index in [4.69, 9.17) is 4.74 Å². The Hall–Kier alpha value is -3.65. The molecule has 0 aliphatic rings. The number of rotatable bonds is 10. The quantitative estimate of drug-likeness (QED) is 0.232. The molecule has 0 aliphatic carbocycles. The van der Waals surface area contributed by atoms with Gasteiger partial charge in [0.15, 0.2) is 0 Å². The number of aromatic nitrogens is 1. The number of aromatic amines is 1. The average molecular weight is 461 g/mol. The number of hydrogen-bond donors (Lipinski definition) is 5. The lowest BCUT2D eigenvalue weighted by Crippen LogP contribution is -2.24. The van der Waals surface area contributed by atoms with Gasteiger partial charge in [-0.1, -0.05) is 48.5 Å². The summed E-state index contributed by atoms with van der Waals surface area (Å²) < 4.78 is 5.70. The van der Waals surface area contributed by atoms with Crippen LogP contribution in [0.5, 0.6) is 11.5 Å². The highest BCUT2D eigenvalue weighted by Gasteiger charge is 2.14. The zero-order chi connectivity index (χ0) is 23.9. The van der Waals surface area contributed by atoms with Crippen molar-refractivity contribution < 1.29 is 20.1 Å². The molecule has 4 rings (SSSR count). The molecule has 7 nitrogen and oxygen atoms in total. The van der Waals surface area contributed by atoms with E-state index in [1.807, 2.05) is 54.6 Å². The molecule has 3 aromatic carbocycles. The van der Waals surface area contributed by atoms with Crippen LogP contribution in [0.1, 0.15) is 28.9 Å². The van der Waals surface area contributed by atoms with Crippen LogP contribution in [0.2, 0.25) is 0 Å². The zero-order valence-corrected chi connectivity index (χ0v) is 18.6. The van der Waals surface area contributed by atoms with Crippen LogP contribution in [0.4, 0.5) is 0 Å². The second-order valence-electron chi connectivity index (χ2n) is 8.14. The van der Waals surface area contributed by atoms with Crippen LogP contribution in [-0.4, -0.2) is 40.0 Å². The van der Waals surface area contributed by atoms with Crippen LogP contribution in [0.25, 0.3) is 10.9 Å². The lowest BCUT2D eigenvalue weighted by atomic mass is 10.0. The molecule has 1 aromatic heterocycles. The predicted molar refractivity (Wildman–Crippen MR) is 131 cm³/mol. The molecule has 34 heavy (non-hydrogen) atoms. The van der Waals surface area contributed by atoms with Gasteiger partial charge in [0.1, 0.15) is 24.2 Å². The first-order chi connectivity index (χ1) is 16.5. The number of H-pyrrole nitrogens is 1. The molecule has 5 N–H and O–H groups in total. The van der Waals surface area contributed by atoms with Crippen molar-refractivity contribution in [1.29, 1.82) is 0 Å². The smallest absolute Gasteiger partial charge is 0.248 e. The molecule has 0 saturated carbocycles. The van der Waals surface area contributed by atoms with E-state index in [0.717, 1.165) is 17.5 Å². The first-order valence-electron chi connectivity index (χ1n) is 11.2. The summed E-state index contributed by atoms with van der Waals surface area (Å²) in [5.74, 6) is 0.665. The van der Waals surface area contributed by atoms with E-state index < -0.39 is 12.2 Å². The molecule has 176 valence electrons. The minimum Gasteiger partial charge on any atom is -0.506 e. The van der Waals surface area contributed by atoms with Gasteiger partial charge >= 0.3 is 0 Å². The fourth-order valence-electron chi connectivity index (χ4n) is 3.83. The SMILES string of the molecule is O=c1ccc2c([C@@H](O)CNCCc3ccc(OC[C@@H](O)c4ccccc4)cc3)ccc(O)c2[nH]1. The number of phenolic OH excluding ortho intramolecular Hbond substituents is 1. The van der Waals surface area contributed by atoms with Crippen LogP contribution < -0.4 is 15.6 Å². The van der Waals surface area contributed by atoms with Gasteiger partial charge in [-0.25, -0.2) is 0 Å². The minimum absolute atomic E-state index is 0.0291. The molecule has 7 heteroatoms. The Morgan fingerprint density at radius 3 is 2.41 bits per heavy atom. The molecular formula is C27H28N2O5. The third-order valence-corrected chi connectivity index (χ3v) is 5.71. The van der Waals surface area contributed by atoms with Crippen molar-refractivity contribution in [2.24, 2.45) is 0 Å². The summed E-state index contributed by atoms with van der Waals surface area (Å²) in [6, 6.07) is 23.2. The number of nitrogens with one attached hydrogen (secondary N) is 2. The molecule has 0 radical (unpaired) electrons. The maximum Gasteiger partial charge on any atom is 0.248 e. The van der Waals surface area contributed by atoms with Crippen molar-refractivity contribution >= 4 is 10.9 Å². The summed E-state index contributed by atoms with van der Waals surface area (Å²) in [5.41, 5.74) is 2.58. The Morgan fingerprint density at radius 1 is 0.882 bits per heavy atom. The van der Waals surface area contributed by atoms with Crippen molar-refractivity contribution in [1.82, 2.24) is 10.3 Å². The van der Waals surface area contributed by atoms with Gasteiger partial charge in [0.2, 0.25) is 5.56 Å². The second-order valence-corrected chi connectivity index (χ2v) is 8.14. The zero-order valence-electron chi connectivity index (χ0n) is 18.6. The highest BCUT2D eigenvalue weighted by Crippen LogP contribution is 2.28. The number of ether oxygens (including phenoxy) is 1. The summed E-state index contributed by atoms with van der Waals surface area (Å²) in [5, 5.41) is 34.7. The maximum absolute atomic E-state index is 11.5. The number of aliphatic hydroxyl groups excluding tert-OH is 2. The molecule has 0 amide bonds. The predicted octanol–water partition coefficient (Wildman–Crippen LogP) is 3.21. The number of phenols is 1. The molecule has 4 aromatic rings. The van der Waals surface area contributed by atoms with Crippen molar-refractivity contribution in [3.8, 4) is 11.5 Å². The molecule has 1 heterocycles. The van der Waals surface area contributed by atoms with E-state index in [2.05, 4.69) is 10.3 Å². The van der Waals surface area contributed by atoms with Crippen LogP contribution >= 0.6 is 0 Å². The molecule has 0 spiro atoms. The second kappa shape index (κ2) is 11.0. The lowest BCUT2D eigenvalue weighted by molar-refractivity contribution is 0.108. The van der Waals surface area contributed by atoms with Crippen molar-refractivity contribution in [3.05, 3.63) is 106 Å². The van der Waals surface area contributed by atoms with Gasteiger partial charge in [-0.15, -0.1) is 0 Å². The summed E-state index contributed by atoms with van der Waals surface area (Å²) in [4.78, 5) is 14.2. The van der Waals surface area contributed by atoms with E-state index in [0.29, 0.717) is 35.3 Å². The van der Waals surface area contributed by atoms with Gasteiger partial charge < -0.3 is 30.4 Å². The van der Waals surface area contributed by atoms with Crippen LogP contribution in [0, 0.1) is 0 Å². The summed E-state index contributed by atoms with van der Waals surface area (Å²) in [6.07, 6.45) is -0.702. The number of benzene rings is 3. The summed E-state index contributed by atoms with van der Waals surface area (Å²) in [6.45, 7) is 1.18. The normalized spacial score (nSPS) is 13.0. The Balaban J connectivity index is 1.24. The van der Waals surface area contributed by atoms with E-state index in [9.17, 15) is 20.1 Å². The first kappa shape index (κ1) is 23.5. The van der Waals surface area contributed by atoms with E-state index >= 15 is 0 Å². The number of aliphatic hydroxyl groups is 2. The standard InChI is InChI=1S/C27H28N2O5/c30-23-12-10-21(22-11-13-26(33)29-27(22)23)24(31)16-28-15-14-18-6-8-20(9-7-18)34-17-25(32)19-4-2-1-3-5-19/h1-13,24-25,28,30-32H,14-17H2,(H,29,33)/t24-,25+/m0/s1. The number of fused-ring (bicyclic) bond motifs is 1. The molecule has 0 saturated heterocycles. The Bertz CT molecular complexity index is 1270. The van der Waals surface area contributed by atoms with Crippen molar-refractivity contribution in [3.63, 3.8) is 0 Å². The number of pyridine rings is 1. The Labute approximate surface area is 197 Å². The van der Waals surface area contributed by atoms with Gasteiger partial charge in [0, 0.05) is 18.0 Å². The molecule has 0 unspecified atom stereocenters. The van der Waals surface area contributed by atoms with Gasteiger partial charge in [0.25, 0.3) is 0 Å². The highest BCUT2D eigenvalue weighted by molar-refractivity contribution is 5.87. The molecule has 0 fully saturated rings. The third kappa shape index (κ3) is 5.82. The van der Waals surface area contributed by atoms with Crippen LogP contribution in [0.3, 0.4) is 0 Å². The van der Waals surface area contributed by atoms with Crippen LogP contribution in [0.15, 0.2) is 83.7 Å².